The molecule has 0 aliphatic heterocycles. The molecule has 14 nitrogen and oxygen atoms in total. The number of nitrogens with zero attached hydrogens (tertiary/aromatic N) is 2. The summed E-state index contributed by atoms with van der Waals surface area (Å²) in [5, 5.41) is 11.6. The number of rotatable bonds is 23. The first-order valence-electron chi connectivity index (χ1n) is 19.6. The SMILES string of the molecule is CN(C)CCCNC(=O)c1cc(NC(=O)c2cccc(N)c2)ccc1OCCCCCCOc1ccc(NC(=O)c2cccc(N)c2)cc1C(=O)NCCCN(C)C. The number of ether oxygens (including phenoxy) is 2. The van der Waals surface area contributed by atoms with Crippen LogP contribution in [0.4, 0.5) is 22.7 Å². The summed E-state index contributed by atoms with van der Waals surface area (Å²) in [4.78, 5) is 56.4. The molecule has 0 spiro atoms. The molecule has 0 saturated heterocycles. The van der Waals surface area contributed by atoms with Gasteiger partial charge in [0.2, 0.25) is 0 Å². The first-order chi connectivity index (χ1) is 27.9. The summed E-state index contributed by atoms with van der Waals surface area (Å²) < 4.78 is 12.2. The number of hydrogen-bond donors (Lipinski definition) is 6. The number of benzene rings is 4. The van der Waals surface area contributed by atoms with Gasteiger partial charge in [0.25, 0.3) is 23.6 Å². The Morgan fingerprint density at radius 3 is 1.31 bits per heavy atom. The summed E-state index contributed by atoms with van der Waals surface area (Å²) in [7, 11) is 7.91. The van der Waals surface area contributed by atoms with E-state index >= 15 is 0 Å². The Morgan fingerprint density at radius 2 is 0.931 bits per heavy atom. The van der Waals surface area contributed by atoms with Crippen LogP contribution in [0.25, 0.3) is 0 Å². The number of nitrogens with two attached hydrogens (primary N) is 2. The smallest absolute Gasteiger partial charge is 0.255 e. The van der Waals surface area contributed by atoms with Crippen LogP contribution in [0.15, 0.2) is 84.9 Å². The summed E-state index contributed by atoms with van der Waals surface area (Å²) in [6, 6.07) is 23.4. The second-order valence-corrected chi connectivity index (χ2v) is 14.5. The molecule has 0 bridgehead atoms. The zero-order valence-electron chi connectivity index (χ0n) is 34.1. The lowest BCUT2D eigenvalue weighted by atomic mass is 10.1. The summed E-state index contributed by atoms with van der Waals surface area (Å²) in [5.74, 6) is -0.402. The van der Waals surface area contributed by atoms with Crippen LogP contribution in [-0.4, -0.2) is 101 Å². The predicted octanol–water partition coefficient (Wildman–Crippen LogP) is 5.74. The third kappa shape index (κ3) is 15.1. The van der Waals surface area contributed by atoms with Crippen molar-refractivity contribution in [2.75, 3.05) is 89.7 Å². The van der Waals surface area contributed by atoms with Gasteiger partial charge in [-0.3, -0.25) is 19.2 Å². The summed E-state index contributed by atoms with van der Waals surface area (Å²) in [5.41, 5.74) is 15.1. The van der Waals surface area contributed by atoms with Crippen molar-refractivity contribution < 1.29 is 28.7 Å². The maximum Gasteiger partial charge on any atom is 0.255 e. The van der Waals surface area contributed by atoms with Crippen LogP contribution in [0.1, 0.15) is 80.0 Å². The Morgan fingerprint density at radius 1 is 0.517 bits per heavy atom. The number of nitrogen functional groups attached to an aromatic ring is 2. The van der Waals surface area contributed by atoms with Crippen molar-refractivity contribution >= 4 is 46.4 Å². The van der Waals surface area contributed by atoms with Gasteiger partial charge in [0, 0.05) is 47.0 Å². The number of carbonyl (C=O) groups is 4. The molecule has 4 amide bonds. The molecule has 58 heavy (non-hydrogen) atoms. The van der Waals surface area contributed by atoms with Crippen molar-refractivity contribution in [2.45, 2.75) is 38.5 Å². The number of unbranched alkanes of at least 4 members (excludes halogenated alkanes) is 3. The molecule has 14 heteroatoms. The van der Waals surface area contributed by atoms with E-state index in [1.54, 1.807) is 84.9 Å². The normalized spacial score (nSPS) is 10.9. The summed E-state index contributed by atoms with van der Waals surface area (Å²) in [6.45, 7) is 3.42. The van der Waals surface area contributed by atoms with Gasteiger partial charge in [-0.2, -0.15) is 0 Å². The Bertz CT molecular complexity index is 1840. The van der Waals surface area contributed by atoms with Crippen molar-refractivity contribution in [3.05, 3.63) is 107 Å². The molecule has 8 N–H and O–H groups in total. The van der Waals surface area contributed by atoms with E-state index < -0.39 is 0 Å². The average molecular weight is 795 g/mol. The van der Waals surface area contributed by atoms with Crippen LogP contribution in [0.5, 0.6) is 11.5 Å². The van der Waals surface area contributed by atoms with Gasteiger partial charge in [0.1, 0.15) is 11.5 Å². The topological polar surface area (TPSA) is 193 Å². The lowest BCUT2D eigenvalue weighted by Crippen LogP contribution is -2.27. The van der Waals surface area contributed by atoms with Crippen LogP contribution >= 0.6 is 0 Å². The second-order valence-electron chi connectivity index (χ2n) is 14.5. The molecule has 0 saturated carbocycles. The highest BCUT2D eigenvalue weighted by atomic mass is 16.5. The van der Waals surface area contributed by atoms with E-state index in [0.29, 0.717) is 82.8 Å². The third-order valence-electron chi connectivity index (χ3n) is 8.95. The van der Waals surface area contributed by atoms with E-state index in [4.69, 9.17) is 20.9 Å². The number of amides is 4. The predicted molar refractivity (Wildman–Crippen MR) is 231 cm³/mol. The fraction of sp³-hybridized carbons (Fsp3) is 0.364. The molecule has 0 aliphatic carbocycles. The minimum atomic E-state index is -0.340. The van der Waals surface area contributed by atoms with Gasteiger partial charge in [0.05, 0.1) is 24.3 Å². The first-order valence-corrected chi connectivity index (χ1v) is 19.6. The van der Waals surface area contributed by atoms with Crippen LogP contribution in [0.2, 0.25) is 0 Å². The van der Waals surface area contributed by atoms with Crippen LogP contribution in [0.3, 0.4) is 0 Å². The molecule has 4 aromatic carbocycles. The first kappa shape index (κ1) is 44.6. The fourth-order valence-corrected chi connectivity index (χ4v) is 5.90. The van der Waals surface area contributed by atoms with Gasteiger partial charge >= 0.3 is 0 Å². The van der Waals surface area contributed by atoms with Crippen molar-refractivity contribution in [2.24, 2.45) is 0 Å². The molecule has 0 radical (unpaired) electrons. The Balaban J connectivity index is 1.30. The second kappa shape index (κ2) is 23.2. The number of nitrogens with one attached hydrogen (secondary N) is 4. The molecule has 0 heterocycles. The van der Waals surface area contributed by atoms with Crippen molar-refractivity contribution in [1.29, 1.82) is 0 Å². The standard InChI is InChI=1S/C44H58N8O6/c1-51(2)23-11-21-47-43(55)37-29-35(49-41(53)31-13-9-15-33(45)27-31)17-19-39(37)57-25-7-5-6-8-26-58-40-20-18-36(50-42(54)32-14-10-16-34(46)28-32)30-38(40)44(56)48-22-12-24-52(3)4/h9-10,13-20,27-30H,5-8,11-12,21-26,45-46H2,1-4H3,(H,47,55)(H,48,56)(H,49,53)(H,50,54). The van der Waals surface area contributed by atoms with Gasteiger partial charge < -0.3 is 52.0 Å². The maximum absolute atomic E-state index is 13.3. The zero-order chi connectivity index (χ0) is 41.9. The molecule has 4 rings (SSSR count). The lowest BCUT2D eigenvalue weighted by molar-refractivity contribution is 0.0939. The summed E-state index contributed by atoms with van der Waals surface area (Å²) in [6.07, 6.45) is 4.73. The van der Waals surface area contributed by atoms with Gasteiger partial charge in [-0.05, 0) is 153 Å². The molecule has 4 aromatic rings. The maximum atomic E-state index is 13.3. The van der Waals surface area contributed by atoms with E-state index in [-0.39, 0.29) is 23.6 Å². The van der Waals surface area contributed by atoms with Gasteiger partial charge in [-0.25, -0.2) is 0 Å². The monoisotopic (exact) mass is 794 g/mol. The van der Waals surface area contributed by atoms with Gasteiger partial charge in [-0.15, -0.1) is 0 Å². The Kier molecular flexibility index (Phi) is 17.8. The number of hydrogen-bond acceptors (Lipinski definition) is 10. The highest BCUT2D eigenvalue weighted by Gasteiger charge is 2.17. The molecule has 0 atom stereocenters. The molecule has 0 aliphatic rings. The van der Waals surface area contributed by atoms with E-state index in [1.807, 2.05) is 28.2 Å². The van der Waals surface area contributed by atoms with Crippen LogP contribution < -0.4 is 42.2 Å². The highest BCUT2D eigenvalue weighted by Crippen LogP contribution is 2.26. The van der Waals surface area contributed by atoms with Gasteiger partial charge in [-0.1, -0.05) is 12.1 Å². The molecule has 0 unspecified atom stereocenters. The molecular formula is C44H58N8O6. The minimum Gasteiger partial charge on any atom is -0.493 e. The highest BCUT2D eigenvalue weighted by molar-refractivity contribution is 6.07. The van der Waals surface area contributed by atoms with Gasteiger partial charge in [0.15, 0.2) is 0 Å². The van der Waals surface area contributed by atoms with E-state index in [0.717, 1.165) is 51.6 Å². The lowest BCUT2D eigenvalue weighted by Gasteiger charge is -2.15. The van der Waals surface area contributed by atoms with Crippen LogP contribution in [0, 0.1) is 0 Å². The van der Waals surface area contributed by atoms with Crippen molar-refractivity contribution in [3.63, 3.8) is 0 Å². The number of carbonyl (C=O) groups excluding carboxylic acids is 4. The van der Waals surface area contributed by atoms with Crippen molar-refractivity contribution in [1.82, 2.24) is 20.4 Å². The minimum absolute atomic E-state index is 0.288. The van der Waals surface area contributed by atoms with E-state index in [1.165, 1.54) is 0 Å². The average Bonchev–Trinajstić information content (AvgIpc) is 3.19. The molecule has 310 valence electrons. The van der Waals surface area contributed by atoms with Crippen LogP contribution in [-0.2, 0) is 0 Å². The fourth-order valence-electron chi connectivity index (χ4n) is 5.90. The number of anilines is 4. The zero-order valence-corrected chi connectivity index (χ0v) is 34.1. The summed E-state index contributed by atoms with van der Waals surface area (Å²) >= 11 is 0. The van der Waals surface area contributed by atoms with Crippen molar-refractivity contribution in [3.8, 4) is 11.5 Å². The Hall–Kier alpha value is -6.12. The largest absolute Gasteiger partial charge is 0.493 e. The molecular weight excluding hydrogens is 737 g/mol. The molecule has 0 fully saturated rings. The van der Waals surface area contributed by atoms with E-state index in [2.05, 4.69) is 31.1 Å². The third-order valence-corrected chi connectivity index (χ3v) is 8.95. The van der Waals surface area contributed by atoms with E-state index in [9.17, 15) is 19.2 Å². The quantitative estimate of drug-likeness (QED) is 0.0399. The molecule has 0 aromatic heterocycles. The Labute approximate surface area is 341 Å².